The number of nitrogens with one attached hydrogen (secondary N) is 1. The Morgan fingerprint density at radius 3 is 2.79 bits per heavy atom. The van der Waals surface area contributed by atoms with Crippen LogP contribution in [0, 0.1) is 0 Å². The van der Waals surface area contributed by atoms with Crippen LogP contribution < -0.4 is 11.1 Å². The molecule has 0 spiro atoms. The van der Waals surface area contributed by atoms with Gasteiger partial charge in [-0.25, -0.2) is 0 Å². The van der Waals surface area contributed by atoms with E-state index in [1.807, 2.05) is 0 Å². The molecule has 1 fully saturated rings. The average Bonchev–Trinajstić information content (AvgIpc) is 2.67. The zero-order chi connectivity index (χ0) is 13.6. The van der Waals surface area contributed by atoms with Crippen LogP contribution in [0.15, 0.2) is 18.2 Å². The number of nitrogens with zero attached hydrogens (tertiary/aromatic N) is 1. The van der Waals surface area contributed by atoms with Gasteiger partial charge in [-0.15, -0.1) is 0 Å². The molecule has 2 aliphatic heterocycles. The van der Waals surface area contributed by atoms with Crippen LogP contribution in [0.25, 0.3) is 0 Å². The molecule has 6 heteroatoms. The fourth-order valence-electron chi connectivity index (χ4n) is 2.57. The number of nitrogen functional groups attached to an aromatic ring is 1. The van der Waals surface area contributed by atoms with Crippen molar-refractivity contribution in [1.29, 1.82) is 0 Å². The molecule has 3 N–H and O–H groups in total. The van der Waals surface area contributed by atoms with E-state index in [0.29, 0.717) is 24.2 Å². The van der Waals surface area contributed by atoms with Gasteiger partial charge in [-0.2, -0.15) is 0 Å². The largest absolute Gasteiger partial charge is 0.399 e. The maximum Gasteiger partial charge on any atom is 0.255 e. The van der Waals surface area contributed by atoms with Crippen molar-refractivity contribution >= 4 is 23.4 Å². The normalized spacial score (nSPS) is 22.4. The highest BCUT2D eigenvalue weighted by Gasteiger charge is 2.38. The highest BCUT2D eigenvalue weighted by atomic mass is 16.2. The van der Waals surface area contributed by atoms with E-state index in [1.165, 1.54) is 4.90 Å². The molecule has 1 saturated heterocycles. The van der Waals surface area contributed by atoms with Gasteiger partial charge in [0.1, 0.15) is 6.04 Å². The third-order valence-corrected chi connectivity index (χ3v) is 3.55. The number of nitrogens with two attached hydrogens (primary N) is 1. The quantitative estimate of drug-likeness (QED) is 0.549. The minimum atomic E-state index is -0.571. The van der Waals surface area contributed by atoms with E-state index in [1.54, 1.807) is 18.2 Å². The molecule has 3 amide bonds. The van der Waals surface area contributed by atoms with Gasteiger partial charge in [0.05, 0.1) is 0 Å². The molecule has 1 atom stereocenters. The van der Waals surface area contributed by atoms with E-state index in [9.17, 15) is 14.4 Å². The summed E-state index contributed by atoms with van der Waals surface area (Å²) in [5.41, 5.74) is 7.60. The highest BCUT2D eigenvalue weighted by molar-refractivity contribution is 6.05. The van der Waals surface area contributed by atoms with Crippen LogP contribution in [0.4, 0.5) is 5.69 Å². The van der Waals surface area contributed by atoms with Crippen LogP contribution in [-0.4, -0.2) is 28.7 Å². The van der Waals surface area contributed by atoms with Crippen LogP contribution in [0.3, 0.4) is 0 Å². The summed E-state index contributed by atoms with van der Waals surface area (Å²) < 4.78 is 0. The summed E-state index contributed by atoms with van der Waals surface area (Å²) in [6.45, 7) is 0.390. The zero-order valence-electron chi connectivity index (χ0n) is 10.2. The van der Waals surface area contributed by atoms with Crippen LogP contribution in [0.1, 0.15) is 28.8 Å². The van der Waals surface area contributed by atoms with Crippen LogP contribution in [-0.2, 0) is 16.1 Å². The predicted octanol–water partition coefficient (Wildman–Crippen LogP) is 0.0298. The Bertz CT molecular complexity index is 597. The van der Waals surface area contributed by atoms with Gasteiger partial charge in [0.2, 0.25) is 11.8 Å². The summed E-state index contributed by atoms with van der Waals surface area (Å²) in [6, 6.07) is 4.59. The van der Waals surface area contributed by atoms with Crippen LogP contribution in [0.5, 0.6) is 0 Å². The summed E-state index contributed by atoms with van der Waals surface area (Å²) in [6.07, 6.45) is 0.637. The second-order valence-corrected chi connectivity index (χ2v) is 4.82. The van der Waals surface area contributed by atoms with Gasteiger partial charge in [-0.1, -0.05) is 6.07 Å². The maximum absolute atomic E-state index is 12.3. The number of amides is 3. The third kappa shape index (κ3) is 1.85. The second-order valence-electron chi connectivity index (χ2n) is 4.82. The van der Waals surface area contributed by atoms with Gasteiger partial charge in [-0.3, -0.25) is 19.7 Å². The lowest BCUT2D eigenvalue weighted by Crippen LogP contribution is -2.52. The molecule has 0 aromatic heterocycles. The molecule has 3 rings (SSSR count). The number of anilines is 1. The molecule has 2 aliphatic rings. The Morgan fingerprint density at radius 2 is 2.05 bits per heavy atom. The summed E-state index contributed by atoms with van der Waals surface area (Å²) in [5.74, 6) is -0.878. The minimum Gasteiger partial charge on any atom is -0.399 e. The van der Waals surface area contributed by atoms with E-state index in [0.717, 1.165) is 5.56 Å². The number of rotatable bonds is 1. The van der Waals surface area contributed by atoms with Crippen molar-refractivity contribution in [2.75, 3.05) is 5.73 Å². The van der Waals surface area contributed by atoms with Gasteiger partial charge in [0.15, 0.2) is 0 Å². The summed E-state index contributed by atoms with van der Waals surface area (Å²) >= 11 is 0. The van der Waals surface area contributed by atoms with Crippen molar-refractivity contribution < 1.29 is 14.4 Å². The molecule has 2 heterocycles. The van der Waals surface area contributed by atoms with Gasteiger partial charge < -0.3 is 10.6 Å². The van der Waals surface area contributed by atoms with E-state index >= 15 is 0 Å². The lowest BCUT2D eigenvalue weighted by Gasteiger charge is -2.29. The molecular formula is C13H13N3O3. The summed E-state index contributed by atoms with van der Waals surface area (Å²) in [7, 11) is 0. The first-order valence-corrected chi connectivity index (χ1v) is 6.09. The Morgan fingerprint density at radius 1 is 1.26 bits per heavy atom. The van der Waals surface area contributed by atoms with Crippen molar-refractivity contribution in [3.63, 3.8) is 0 Å². The Hall–Kier alpha value is -2.37. The molecule has 0 unspecified atom stereocenters. The first-order chi connectivity index (χ1) is 9.06. The zero-order valence-corrected chi connectivity index (χ0v) is 10.2. The van der Waals surface area contributed by atoms with Gasteiger partial charge in [0, 0.05) is 24.2 Å². The van der Waals surface area contributed by atoms with E-state index < -0.39 is 11.9 Å². The van der Waals surface area contributed by atoms with Crippen molar-refractivity contribution in [2.45, 2.75) is 25.4 Å². The number of piperidine rings is 1. The molecular weight excluding hydrogens is 246 g/mol. The number of carbonyl (C=O) groups is 3. The Labute approximate surface area is 109 Å². The molecule has 0 aliphatic carbocycles. The molecule has 0 bridgehead atoms. The SMILES string of the molecule is Nc1ccc2c(c1)C(=O)N([C@@H]1CCC(=O)NC1=O)C2. The van der Waals surface area contributed by atoms with Crippen molar-refractivity contribution in [2.24, 2.45) is 0 Å². The van der Waals surface area contributed by atoms with Gasteiger partial charge >= 0.3 is 0 Å². The van der Waals surface area contributed by atoms with Gasteiger partial charge in [-0.05, 0) is 24.1 Å². The fraction of sp³-hybridized carbons (Fsp3) is 0.308. The van der Waals surface area contributed by atoms with E-state index in [-0.39, 0.29) is 18.2 Å². The van der Waals surface area contributed by atoms with Crippen molar-refractivity contribution in [3.8, 4) is 0 Å². The smallest absolute Gasteiger partial charge is 0.255 e. The fourth-order valence-corrected chi connectivity index (χ4v) is 2.57. The number of carbonyl (C=O) groups excluding carboxylic acids is 3. The molecule has 1 aromatic rings. The Kier molecular flexibility index (Phi) is 2.51. The number of hydrogen-bond donors (Lipinski definition) is 2. The molecule has 6 nitrogen and oxygen atoms in total. The van der Waals surface area contributed by atoms with Crippen LogP contribution in [0.2, 0.25) is 0 Å². The van der Waals surface area contributed by atoms with Crippen molar-refractivity contribution in [3.05, 3.63) is 29.3 Å². The number of fused-ring (bicyclic) bond motifs is 1. The van der Waals surface area contributed by atoms with Crippen LogP contribution >= 0.6 is 0 Å². The monoisotopic (exact) mass is 259 g/mol. The molecule has 1 aromatic carbocycles. The first kappa shape index (κ1) is 11.7. The lowest BCUT2D eigenvalue weighted by molar-refractivity contribution is -0.136. The Balaban J connectivity index is 1.88. The minimum absolute atomic E-state index is 0.197. The molecule has 98 valence electrons. The average molecular weight is 259 g/mol. The summed E-state index contributed by atoms with van der Waals surface area (Å²) in [5, 5.41) is 2.27. The molecule has 0 saturated carbocycles. The molecule has 19 heavy (non-hydrogen) atoms. The number of benzene rings is 1. The second kappa shape index (κ2) is 4.08. The third-order valence-electron chi connectivity index (χ3n) is 3.55. The van der Waals surface area contributed by atoms with E-state index in [4.69, 9.17) is 5.73 Å². The standard InChI is InChI=1S/C13H13N3O3/c14-8-2-1-7-6-16(13(19)9(7)5-8)10-3-4-11(17)15-12(10)18/h1-2,5,10H,3-4,6,14H2,(H,15,17,18)/t10-/m1/s1. The first-order valence-electron chi connectivity index (χ1n) is 6.09. The van der Waals surface area contributed by atoms with E-state index in [2.05, 4.69) is 5.32 Å². The number of hydrogen-bond acceptors (Lipinski definition) is 4. The highest BCUT2D eigenvalue weighted by Crippen LogP contribution is 2.28. The van der Waals surface area contributed by atoms with Gasteiger partial charge in [0.25, 0.3) is 5.91 Å². The predicted molar refractivity (Wildman–Crippen MR) is 66.9 cm³/mol. The molecule has 0 radical (unpaired) electrons. The number of imide groups is 1. The maximum atomic E-state index is 12.3. The summed E-state index contributed by atoms with van der Waals surface area (Å²) in [4.78, 5) is 36.7. The lowest BCUT2D eigenvalue weighted by atomic mass is 10.0. The van der Waals surface area contributed by atoms with Crippen molar-refractivity contribution in [1.82, 2.24) is 10.2 Å². The topological polar surface area (TPSA) is 92.5 Å².